The van der Waals surface area contributed by atoms with E-state index in [0.717, 1.165) is 16.6 Å². The lowest BCUT2D eigenvalue weighted by molar-refractivity contribution is -0.137. The van der Waals surface area contributed by atoms with Crippen LogP contribution in [0.15, 0.2) is 23.4 Å². The summed E-state index contributed by atoms with van der Waals surface area (Å²) in [4.78, 5) is 3.58. The molecule has 3 rings (SSSR count). The molecule has 2 aromatic heterocycles. The summed E-state index contributed by atoms with van der Waals surface area (Å²) in [6.07, 6.45) is -3.34. The molecule has 8 nitrogen and oxygen atoms in total. The molecule has 0 saturated carbocycles. The van der Waals surface area contributed by atoms with Crippen molar-refractivity contribution in [2.45, 2.75) is 23.5 Å². The molecule has 0 amide bonds. The Balaban J connectivity index is 1.85. The fraction of sp³-hybridized carbons (Fsp3) is 0.455. The molecule has 3 heterocycles. The van der Waals surface area contributed by atoms with Gasteiger partial charge in [0.1, 0.15) is 0 Å². The van der Waals surface area contributed by atoms with Gasteiger partial charge in [0, 0.05) is 25.2 Å². The Morgan fingerprint density at radius 3 is 2.78 bits per heavy atom. The topological polar surface area (TPSA) is 105 Å². The monoisotopic (exact) mass is 348 g/mol. The maximum atomic E-state index is 12.7. The van der Waals surface area contributed by atoms with Gasteiger partial charge in [-0.2, -0.15) is 22.7 Å². The normalized spacial score (nSPS) is 20.0. The number of hydrogen-bond donors (Lipinski definition) is 1. The summed E-state index contributed by atoms with van der Waals surface area (Å²) in [7, 11) is -4.11. The number of tetrazole rings is 1. The minimum absolute atomic E-state index is 0.0692. The lowest BCUT2D eigenvalue weighted by Crippen LogP contribution is -2.29. The number of alkyl halides is 3. The Bertz CT molecular complexity index is 792. The lowest BCUT2D eigenvalue weighted by Gasteiger charge is -2.16. The second-order valence-corrected chi connectivity index (χ2v) is 6.88. The number of aromatic nitrogens is 5. The molecule has 0 aromatic carbocycles. The maximum Gasteiger partial charge on any atom is 0.416 e. The molecule has 12 heteroatoms. The standard InChI is InChI=1S/C11H11F3N6O2S/c12-11(13,14)8-1-3-15-9(5-8)23(21,22)20-4-2-7(6-20)10-16-18-19-17-10/h1,3,5,7H,2,4,6H2,(H,16,17,18,19). The van der Waals surface area contributed by atoms with E-state index < -0.39 is 26.8 Å². The van der Waals surface area contributed by atoms with E-state index in [4.69, 9.17) is 0 Å². The molecular formula is C11H11F3N6O2S. The molecule has 1 aliphatic heterocycles. The van der Waals surface area contributed by atoms with Crippen LogP contribution in [0.3, 0.4) is 0 Å². The summed E-state index contributed by atoms with van der Waals surface area (Å²) < 4.78 is 64.2. The van der Waals surface area contributed by atoms with Crippen molar-refractivity contribution in [3.05, 3.63) is 29.7 Å². The van der Waals surface area contributed by atoms with Gasteiger partial charge in [-0.25, -0.2) is 13.4 Å². The highest BCUT2D eigenvalue weighted by atomic mass is 32.2. The number of pyridine rings is 1. The molecule has 0 spiro atoms. The second-order valence-electron chi connectivity index (χ2n) is 5.00. The molecule has 1 fully saturated rings. The van der Waals surface area contributed by atoms with Crippen LogP contribution in [-0.4, -0.2) is 51.4 Å². The van der Waals surface area contributed by atoms with Crippen LogP contribution in [0.2, 0.25) is 0 Å². The van der Waals surface area contributed by atoms with Gasteiger partial charge in [0.25, 0.3) is 10.0 Å². The average molecular weight is 348 g/mol. The van der Waals surface area contributed by atoms with Gasteiger partial charge in [0.15, 0.2) is 10.9 Å². The number of halogens is 3. The molecule has 1 unspecified atom stereocenters. The zero-order valence-electron chi connectivity index (χ0n) is 11.5. The molecule has 23 heavy (non-hydrogen) atoms. The Hall–Kier alpha value is -2.08. The van der Waals surface area contributed by atoms with Crippen LogP contribution in [0.25, 0.3) is 0 Å². The van der Waals surface area contributed by atoms with Crippen LogP contribution >= 0.6 is 0 Å². The molecule has 124 valence electrons. The summed E-state index contributed by atoms with van der Waals surface area (Å²) >= 11 is 0. The fourth-order valence-corrected chi connectivity index (χ4v) is 3.82. The molecular weight excluding hydrogens is 337 g/mol. The fourth-order valence-electron chi connectivity index (χ4n) is 2.36. The van der Waals surface area contributed by atoms with Crippen molar-refractivity contribution >= 4 is 10.0 Å². The van der Waals surface area contributed by atoms with Crippen molar-refractivity contribution in [2.24, 2.45) is 0 Å². The number of nitrogens with zero attached hydrogens (tertiary/aromatic N) is 5. The SMILES string of the molecule is O=S(=O)(c1cc(C(F)(F)F)ccn1)N1CCC(c2nn[nH]n2)C1. The van der Waals surface area contributed by atoms with Crippen molar-refractivity contribution in [3.63, 3.8) is 0 Å². The number of nitrogens with one attached hydrogen (secondary N) is 1. The second kappa shape index (κ2) is 5.53. The molecule has 0 bridgehead atoms. The highest BCUT2D eigenvalue weighted by Crippen LogP contribution is 2.32. The predicted molar refractivity (Wildman–Crippen MR) is 69.5 cm³/mol. The molecule has 0 aliphatic carbocycles. The van der Waals surface area contributed by atoms with Gasteiger partial charge >= 0.3 is 6.18 Å². The van der Waals surface area contributed by atoms with E-state index in [1.165, 1.54) is 0 Å². The highest BCUT2D eigenvalue weighted by molar-refractivity contribution is 7.89. The molecule has 2 aromatic rings. The summed E-state index contributed by atoms with van der Waals surface area (Å²) in [6.45, 7) is 0.221. The van der Waals surface area contributed by atoms with Crippen LogP contribution in [0.1, 0.15) is 23.7 Å². The first-order chi connectivity index (χ1) is 10.8. The average Bonchev–Trinajstić information content (AvgIpc) is 3.17. The number of aromatic amines is 1. The Morgan fingerprint density at radius 2 is 2.13 bits per heavy atom. The van der Waals surface area contributed by atoms with Crippen molar-refractivity contribution in [3.8, 4) is 0 Å². The van der Waals surface area contributed by atoms with Gasteiger partial charge < -0.3 is 0 Å². The van der Waals surface area contributed by atoms with Crippen LogP contribution in [0, 0.1) is 0 Å². The third-order valence-corrected chi connectivity index (χ3v) is 5.31. The van der Waals surface area contributed by atoms with Crippen LogP contribution in [0.5, 0.6) is 0 Å². The van der Waals surface area contributed by atoms with Crippen molar-refractivity contribution in [1.82, 2.24) is 29.9 Å². The lowest BCUT2D eigenvalue weighted by atomic mass is 10.1. The number of sulfonamides is 1. The van der Waals surface area contributed by atoms with Gasteiger partial charge in [-0.1, -0.05) is 5.21 Å². The van der Waals surface area contributed by atoms with Gasteiger partial charge in [0.05, 0.1) is 5.56 Å². The summed E-state index contributed by atoms with van der Waals surface area (Å²) in [6, 6.07) is 1.27. The number of hydrogen-bond acceptors (Lipinski definition) is 6. The minimum Gasteiger partial charge on any atom is -0.243 e. The number of rotatable bonds is 3. The van der Waals surface area contributed by atoms with Crippen LogP contribution in [-0.2, 0) is 16.2 Å². The Labute approximate surface area is 128 Å². The predicted octanol–water partition coefficient (Wildman–Crippen LogP) is 0.792. The molecule has 0 radical (unpaired) electrons. The summed E-state index contributed by atoms with van der Waals surface area (Å²) in [5.74, 6) is 0.119. The van der Waals surface area contributed by atoms with E-state index in [9.17, 15) is 21.6 Å². The number of H-pyrrole nitrogens is 1. The van der Waals surface area contributed by atoms with Gasteiger partial charge in [-0.05, 0) is 18.6 Å². The summed E-state index contributed by atoms with van der Waals surface area (Å²) in [5.41, 5.74) is -1.06. The van der Waals surface area contributed by atoms with E-state index >= 15 is 0 Å². The van der Waals surface area contributed by atoms with Gasteiger partial charge in [-0.3, -0.25) is 0 Å². The van der Waals surface area contributed by atoms with Crippen molar-refractivity contribution in [2.75, 3.05) is 13.1 Å². The third-order valence-electron chi connectivity index (χ3n) is 3.54. The smallest absolute Gasteiger partial charge is 0.243 e. The van der Waals surface area contributed by atoms with Crippen molar-refractivity contribution < 1.29 is 21.6 Å². The Morgan fingerprint density at radius 1 is 1.35 bits per heavy atom. The molecule has 1 N–H and O–H groups in total. The van der Waals surface area contributed by atoms with E-state index in [-0.39, 0.29) is 19.0 Å². The van der Waals surface area contributed by atoms with Gasteiger partial charge in [0.2, 0.25) is 0 Å². The Kier molecular flexibility index (Phi) is 3.80. The maximum absolute atomic E-state index is 12.7. The zero-order valence-corrected chi connectivity index (χ0v) is 12.3. The molecule has 1 saturated heterocycles. The first-order valence-electron chi connectivity index (χ1n) is 6.55. The first-order valence-corrected chi connectivity index (χ1v) is 7.99. The minimum atomic E-state index is -4.63. The molecule has 1 atom stereocenters. The van der Waals surface area contributed by atoms with E-state index in [0.29, 0.717) is 18.3 Å². The van der Waals surface area contributed by atoms with Gasteiger partial charge in [-0.15, -0.1) is 10.2 Å². The zero-order chi connectivity index (χ0) is 16.7. The summed E-state index contributed by atoms with van der Waals surface area (Å²) in [5, 5.41) is 12.7. The highest BCUT2D eigenvalue weighted by Gasteiger charge is 2.37. The quantitative estimate of drug-likeness (QED) is 0.879. The van der Waals surface area contributed by atoms with E-state index in [1.807, 2.05) is 0 Å². The van der Waals surface area contributed by atoms with E-state index in [2.05, 4.69) is 25.6 Å². The largest absolute Gasteiger partial charge is 0.416 e. The molecule has 1 aliphatic rings. The van der Waals surface area contributed by atoms with Crippen LogP contribution < -0.4 is 0 Å². The van der Waals surface area contributed by atoms with E-state index in [1.54, 1.807) is 0 Å². The first kappa shape index (κ1) is 15.8. The van der Waals surface area contributed by atoms with Crippen molar-refractivity contribution in [1.29, 1.82) is 0 Å². The third kappa shape index (κ3) is 3.03. The van der Waals surface area contributed by atoms with Crippen LogP contribution in [0.4, 0.5) is 13.2 Å².